The topological polar surface area (TPSA) is 21.3 Å². The molecule has 0 aromatic heterocycles. The van der Waals surface area contributed by atoms with Gasteiger partial charge in [-0.15, -0.1) is 12.4 Å². The molecule has 5 heteroatoms. The standard InChI is InChI=1S/C16H17Cl2NO.ClH/c1-20-16-8-3-2-5-12(16)9-10-19-11-13-14(17)6-4-7-15(13)18;/h2-8,19H,9-11H2,1H3;1H. The van der Waals surface area contributed by atoms with Crippen LogP contribution in [0.3, 0.4) is 0 Å². The summed E-state index contributed by atoms with van der Waals surface area (Å²) in [7, 11) is 1.69. The van der Waals surface area contributed by atoms with Crippen molar-refractivity contribution in [2.45, 2.75) is 13.0 Å². The van der Waals surface area contributed by atoms with Crippen molar-refractivity contribution in [1.29, 1.82) is 0 Å². The molecule has 0 atom stereocenters. The summed E-state index contributed by atoms with van der Waals surface area (Å²) in [6.07, 6.45) is 0.895. The van der Waals surface area contributed by atoms with Crippen molar-refractivity contribution in [3.63, 3.8) is 0 Å². The van der Waals surface area contributed by atoms with Crippen LogP contribution in [0.4, 0.5) is 0 Å². The zero-order valence-corrected chi connectivity index (χ0v) is 14.1. The van der Waals surface area contributed by atoms with Crippen LogP contribution >= 0.6 is 35.6 Å². The average molecular weight is 347 g/mol. The number of methoxy groups -OCH3 is 1. The van der Waals surface area contributed by atoms with Crippen LogP contribution in [0, 0.1) is 0 Å². The molecule has 2 nitrogen and oxygen atoms in total. The summed E-state index contributed by atoms with van der Waals surface area (Å²) < 4.78 is 5.33. The summed E-state index contributed by atoms with van der Waals surface area (Å²) in [6, 6.07) is 13.6. The number of hydrogen-bond acceptors (Lipinski definition) is 2. The van der Waals surface area contributed by atoms with Crippen LogP contribution in [0.15, 0.2) is 42.5 Å². The number of hydrogen-bond donors (Lipinski definition) is 1. The van der Waals surface area contributed by atoms with Gasteiger partial charge in [0.25, 0.3) is 0 Å². The van der Waals surface area contributed by atoms with Crippen LogP contribution in [0.25, 0.3) is 0 Å². The maximum Gasteiger partial charge on any atom is 0.122 e. The monoisotopic (exact) mass is 345 g/mol. The van der Waals surface area contributed by atoms with Gasteiger partial charge in [0.2, 0.25) is 0 Å². The highest BCUT2D eigenvalue weighted by Crippen LogP contribution is 2.24. The van der Waals surface area contributed by atoms with Crippen LogP contribution in [-0.2, 0) is 13.0 Å². The summed E-state index contributed by atoms with van der Waals surface area (Å²) in [5.74, 6) is 0.921. The van der Waals surface area contributed by atoms with Gasteiger partial charge >= 0.3 is 0 Å². The highest BCUT2D eigenvalue weighted by atomic mass is 35.5. The van der Waals surface area contributed by atoms with E-state index in [2.05, 4.69) is 11.4 Å². The molecule has 2 aromatic carbocycles. The van der Waals surface area contributed by atoms with E-state index in [1.54, 1.807) is 7.11 Å². The molecule has 0 bridgehead atoms. The summed E-state index contributed by atoms with van der Waals surface area (Å²) in [5, 5.41) is 4.75. The van der Waals surface area contributed by atoms with Crippen molar-refractivity contribution in [1.82, 2.24) is 5.32 Å². The molecule has 2 rings (SSSR count). The summed E-state index contributed by atoms with van der Waals surface area (Å²) >= 11 is 12.3. The summed E-state index contributed by atoms with van der Waals surface area (Å²) in [6.45, 7) is 1.50. The fourth-order valence-corrected chi connectivity index (χ4v) is 2.58. The molecule has 0 aliphatic heterocycles. The smallest absolute Gasteiger partial charge is 0.122 e. The van der Waals surface area contributed by atoms with E-state index in [1.165, 1.54) is 5.56 Å². The van der Waals surface area contributed by atoms with Gasteiger partial charge < -0.3 is 10.1 Å². The third-order valence-corrected chi connectivity index (χ3v) is 3.84. The Hall–Kier alpha value is -0.930. The van der Waals surface area contributed by atoms with Crippen LogP contribution < -0.4 is 10.1 Å². The second-order valence-corrected chi connectivity index (χ2v) is 5.25. The molecule has 0 saturated carbocycles. The fourth-order valence-electron chi connectivity index (χ4n) is 2.05. The molecular weight excluding hydrogens is 329 g/mol. The van der Waals surface area contributed by atoms with Crippen LogP contribution in [0.1, 0.15) is 11.1 Å². The van der Waals surface area contributed by atoms with E-state index >= 15 is 0 Å². The van der Waals surface area contributed by atoms with Gasteiger partial charge in [0.1, 0.15) is 5.75 Å². The van der Waals surface area contributed by atoms with Crippen molar-refractivity contribution >= 4 is 35.6 Å². The lowest BCUT2D eigenvalue weighted by atomic mass is 10.1. The molecule has 0 radical (unpaired) electrons. The molecule has 0 saturated heterocycles. The van der Waals surface area contributed by atoms with E-state index in [4.69, 9.17) is 27.9 Å². The lowest BCUT2D eigenvalue weighted by Crippen LogP contribution is -2.17. The third kappa shape index (κ3) is 5.08. The number of halogens is 3. The van der Waals surface area contributed by atoms with Gasteiger partial charge in [-0.05, 0) is 36.7 Å². The number of para-hydroxylation sites is 1. The van der Waals surface area contributed by atoms with Crippen molar-refractivity contribution in [3.05, 3.63) is 63.6 Å². The molecule has 21 heavy (non-hydrogen) atoms. The van der Waals surface area contributed by atoms with E-state index in [0.29, 0.717) is 16.6 Å². The Kier molecular flexibility index (Phi) is 7.91. The molecule has 1 N–H and O–H groups in total. The predicted molar refractivity (Wildman–Crippen MR) is 92.1 cm³/mol. The average Bonchev–Trinajstić information content (AvgIpc) is 2.46. The maximum atomic E-state index is 6.13. The fraction of sp³-hybridized carbons (Fsp3) is 0.250. The Labute approximate surface area is 141 Å². The van der Waals surface area contributed by atoms with E-state index < -0.39 is 0 Å². The van der Waals surface area contributed by atoms with Gasteiger partial charge in [0.15, 0.2) is 0 Å². The molecule has 0 heterocycles. The zero-order valence-electron chi connectivity index (χ0n) is 11.7. The molecule has 0 aliphatic rings. The largest absolute Gasteiger partial charge is 0.496 e. The lowest BCUT2D eigenvalue weighted by molar-refractivity contribution is 0.409. The molecular formula is C16H18Cl3NO. The molecule has 114 valence electrons. The van der Waals surface area contributed by atoms with Crippen LogP contribution in [0.2, 0.25) is 10.0 Å². The quantitative estimate of drug-likeness (QED) is 0.762. The van der Waals surface area contributed by atoms with Gasteiger partial charge in [-0.25, -0.2) is 0 Å². The van der Waals surface area contributed by atoms with Crippen molar-refractivity contribution in [2.24, 2.45) is 0 Å². The Morgan fingerprint density at radius 2 is 1.67 bits per heavy atom. The molecule has 0 aliphatic carbocycles. The maximum absolute atomic E-state index is 6.13. The van der Waals surface area contributed by atoms with Crippen LogP contribution in [-0.4, -0.2) is 13.7 Å². The number of benzene rings is 2. The molecule has 2 aromatic rings. The van der Waals surface area contributed by atoms with Gasteiger partial charge in [0.05, 0.1) is 7.11 Å². The first-order chi connectivity index (χ1) is 9.72. The minimum atomic E-state index is 0. The Bertz CT molecular complexity index is 555. The zero-order chi connectivity index (χ0) is 14.4. The first-order valence-corrected chi connectivity index (χ1v) is 7.23. The lowest BCUT2D eigenvalue weighted by Gasteiger charge is -2.10. The molecule has 0 fully saturated rings. The van der Waals surface area contributed by atoms with E-state index in [-0.39, 0.29) is 12.4 Å². The summed E-state index contributed by atoms with van der Waals surface area (Å²) in [5.41, 5.74) is 2.13. The summed E-state index contributed by atoms with van der Waals surface area (Å²) in [4.78, 5) is 0. The first-order valence-electron chi connectivity index (χ1n) is 6.48. The minimum Gasteiger partial charge on any atom is -0.496 e. The molecule has 0 spiro atoms. The normalized spacial score (nSPS) is 10.0. The SMILES string of the molecule is COc1ccccc1CCNCc1c(Cl)cccc1Cl.Cl. The Morgan fingerprint density at radius 3 is 2.33 bits per heavy atom. The number of ether oxygens (including phenoxy) is 1. The van der Waals surface area contributed by atoms with E-state index in [9.17, 15) is 0 Å². The van der Waals surface area contributed by atoms with E-state index in [1.807, 2.05) is 36.4 Å². The van der Waals surface area contributed by atoms with Gasteiger partial charge in [-0.1, -0.05) is 47.5 Å². The Balaban J connectivity index is 0.00000220. The number of nitrogens with one attached hydrogen (secondary N) is 1. The minimum absolute atomic E-state index is 0. The molecule has 0 unspecified atom stereocenters. The van der Waals surface area contributed by atoms with E-state index in [0.717, 1.165) is 24.3 Å². The van der Waals surface area contributed by atoms with Crippen LogP contribution in [0.5, 0.6) is 5.75 Å². The van der Waals surface area contributed by atoms with Gasteiger partial charge in [-0.2, -0.15) is 0 Å². The highest BCUT2D eigenvalue weighted by Gasteiger charge is 2.05. The highest BCUT2D eigenvalue weighted by molar-refractivity contribution is 6.35. The second-order valence-electron chi connectivity index (χ2n) is 4.44. The molecule has 0 amide bonds. The number of rotatable bonds is 6. The van der Waals surface area contributed by atoms with Crippen molar-refractivity contribution in [2.75, 3.05) is 13.7 Å². The van der Waals surface area contributed by atoms with Crippen molar-refractivity contribution in [3.8, 4) is 5.75 Å². The second kappa shape index (κ2) is 9.16. The predicted octanol–water partition coefficient (Wildman–Crippen LogP) is 4.76. The first kappa shape index (κ1) is 18.1. The van der Waals surface area contributed by atoms with Crippen molar-refractivity contribution < 1.29 is 4.74 Å². The Morgan fingerprint density at radius 1 is 1.00 bits per heavy atom. The third-order valence-electron chi connectivity index (χ3n) is 3.13. The van der Waals surface area contributed by atoms with Gasteiger partial charge in [-0.3, -0.25) is 0 Å². The van der Waals surface area contributed by atoms with Gasteiger partial charge in [0, 0.05) is 22.2 Å².